The normalized spacial score (nSPS) is 15.7. The van der Waals surface area contributed by atoms with Crippen molar-refractivity contribution in [3.63, 3.8) is 0 Å². The van der Waals surface area contributed by atoms with E-state index in [9.17, 15) is 0 Å². The molecule has 0 bridgehead atoms. The highest BCUT2D eigenvalue weighted by molar-refractivity contribution is 9.10. The quantitative estimate of drug-likeness (QED) is 0.612. The van der Waals surface area contributed by atoms with Crippen molar-refractivity contribution in [2.45, 2.75) is 25.6 Å². The van der Waals surface area contributed by atoms with Gasteiger partial charge in [0.15, 0.2) is 0 Å². The Morgan fingerprint density at radius 1 is 1.28 bits per heavy atom. The Kier molecular flexibility index (Phi) is 4.49. The van der Waals surface area contributed by atoms with E-state index in [2.05, 4.69) is 68.1 Å². The monoisotopic (exact) mass is 399 g/mol. The van der Waals surface area contributed by atoms with Crippen molar-refractivity contribution >= 4 is 15.9 Å². The van der Waals surface area contributed by atoms with Crippen LogP contribution in [0.4, 0.5) is 0 Å². The second kappa shape index (κ2) is 6.92. The number of halogens is 1. The van der Waals surface area contributed by atoms with Crippen LogP contribution < -0.4 is 14.0 Å². The average Bonchev–Trinajstić information content (AvgIpc) is 3.22. The van der Waals surface area contributed by atoms with Gasteiger partial charge in [0.1, 0.15) is 43.1 Å². The number of aromatic nitrogens is 2. The number of rotatable bonds is 5. The molecule has 1 aliphatic rings. The summed E-state index contributed by atoms with van der Waals surface area (Å²) in [5.74, 6) is 1.86. The Labute approximate surface area is 155 Å². The number of ether oxygens (including phenoxy) is 2. The number of methoxy groups -OCH3 is 1. The molecule has 0 aliphatic carbocycles. The van der Waals surface area contributed by atoms with Crippen molar-refractivity contribution in [2.75, 3.05) is 7.11 Å². The molecule has 2 heterocycles. The summed E-state index contributed by atoms with van der Waals surface area (Å²) >= 11 is 3.61. The summed E-state index contributed by atoms with van der Waals surface area (Å²) in [6.07, 6.45) is 7.40. The van der Waals surface area contributed by atoms with Crippen LogP contribution in [0.1, 0.15) is 11.1 Å². The van der Waals surface area contributed by atoms with E-state index in [1.165, 1.54) is 11.1 Å². The van der Waals surface area contributed by atoms with Gasteiger partial charge in [0, 0.05) is 22.0 Å². The SMILES string of the molecule is COc1ccc2c(c1)CC(Cn1cc[n+](Cc3ccccc3Br)c1)O2. The van der Waals surface area contributed by atoms with Crippen LogP contribution in [0.5, 0.6) is 11.5 Å². The third-order valence-corrected chi connectivity index (χ3v) is 5.25. The Morgan fingerprint density at radius 3 is 3.00 bits per heavy atom. The minimum absolute atomic E-state index is 0.159. The summed E-state index contributed by atoms with van der Waals surface area (Å²) < 4.78 is 16.9. The van der Waals surface area contributed by atoms with Crippen LogP contribution in [0.25, 0.3) is 0 Å². The summed E-state index contributed by atoms with van der Waals surface area (Å²) in [6, 6.07) is 14.3. The van der Waals surface area contributed by atoms with E-state index in [-0.39, 0.29) is 6.10 Å². The Hall–Kier alpha value is -2.27. The van der Waals surface area contributed by atoms with Crippen molar-refractivity contribution in [2.24, 2.45) is 0 Å². The maximum atomic E-state index is 6.06. The summed E-state index contributed by atoms with van der Waals surface area (Å²) in [4.78, 5) is 0. The van der Waals surface area contributed by atoms with E-state index in [1.54, 1.807) is 7.11 Å². The molecule has 128 valence electrons. The molecule has 0 spiro atoms. The van der Waals surface area contributed by atoms with Crippen molar-refractivity contribution in [1.82, 2.24) is 4.57 Å². The van der Waals surface area contributed by atoms with Crippen LogP contribution in [0.15, 0.2) is 65.7 Å². The molecule has 2 aromatic carbocycles. The van der Waals surface area contributed by atoms with Crippen LogP contribution in [0.3, 0.4) is 0 Å². The Morgan fingerprint density at radius 2 is 2.16 bits per heavy atom. The molecule has 0 saturated carbocycles. The van der Waals surface area contributed by atoms with Gasteiger partial charge in [0.2, 0.25) is 6.33 Å². The zero-order valence-corrected chi connectivity index (χ0v) is 15.6. The van der Waals surface area contributed by atoms with Gasteiger partial charge in [-0.2, -0.15) is 0 Å². The second-order valence-electron chi connectivity index (χ2n) is 6.29. The molecular weight excluding hydrogens is 380 g/mol. The third-order valence-electron chi connectivity index (χ3n) is 4.48. The lowest BCUT2D eigenvalue weighted by molar-refractivity contribution is -0.688. The largest absolute Gasteiger partial charge is 0.497 e. The lowest BCUT2D eigenvalue weighted by Gasteiger charge is -2.07. The smallest absolute Gasteiger partial charge is 0.244 e. The molecule has 0 saturated heterocycles. The standard InChI is InChI=1S/C20H20BrN2O2/c1-24-17-6-7-20-16(10-17)11-18(25-20)13-23-9-8-22(14-23)12-15-4-2-3-5-19(15)21/h2-10,14,18H,11-13H2,1H3/q+1. The van der Waals surface area contributed by atoms with Crippen LogP contribution in [-0.4, -0.2) is 17.8 Å². The molecule has 0 radical (unpaired) electrons. The Balaban J connectivity index is 1.41. The average molecular weight is 400 g/mol. The van der Waals surface area contributed by atoms with Gasteiger partial charge in [-0.1, -0.05) is 34.1 Å². The maximum Gasteiger partial charge on any atom is 0.244 e. The molecule has 1 aliphatic heterocycles. The number of hydrogen-bond donors (Lipinski definition) is 0. The highest BCUT2D eigenvalue weighted by atomic mass is 79.9. The molecule has 4 rings (SSSR count). The molecule has 3 aromatic rings. The van der Waals surface area contributed by atoms with E-state index >= 15 is 0 Å². The van der Waals surface area contributed by atoms with E-state index in [0.29, 0.717) is 0 Å². The fourth-order valence-corrected chi connectivity index (χ4v) is 3.63. The first kappa shape index (κ1) is 16.2. The molecule has 4 nitrogen and oxygen atoms in total. The predicted octanol–water partition coefficient (Wildman–Crippen LogP) is 3.60. The Bertz CT molecular complexity index is 891. The minimum Gasteiger partial charge on any atom is -0.497 e. The van der Waals surface area contributed by atoms with Crippen LogP contribution in [0, 0.1) is 0 Å². The predicted molar refractivity (Wildman–Crippen MR) is 99.0 cm³/mol. The highest BCUT2D eigenvalue weighted by Gasteiger charge is 2.25. The van der Waals surface area contributed by atoms with Gasteiger partial charge in [0.25, 0.3) is 0 Å². The van der Waals surface area contributed by atoms with Gasteiger partial charge in [-0.25, -0.2) is 9.13 Å². The molecule has 1 aromatic heterocycles. The summed E-state index contributed by atoms with van der Waals surface area (Å²) in [5.41, 5.74) is 2.49. The fraction of sp³-hybridized carbons (Fsp3) is 0.250. The number of imidazole rings is 1. The zero-order valence-electron chi connectivity index (χ0n) is 14.1. The molecule has 1 atom stereocenters. The number of hydrogen-bond acceptors (Lipinski definition) is 2. The number of nitrogens with zero attached hydrogens (tertiary/aromatic N) is 2. The molecule has 5 heteroatoms. The second-order valence-corrected chi connectivity index (χ2v) is 7.15. The van der Waals surface area contributed by atoms with Crippen LogP contribution in [0.2, 0.25) is 0 Å². The lowest BCUT2D eigenvalue weighted by atomic mass is 10.1. The van der Waals surface area contributed by atoms with E-state index in [0.717, 1.165) is 35.5 Å². The first-order valence-corrected chi connectivity index (χ1v) is 9.12. The van der Waals surface area contributed by atoms with Crippen molar-refractivity contribution in [3.8, 4) is 11.5 Å². The summed E-state index contributed by atoms with van der Waals surface area (Å²) in [7, 11) is 1.69. The molecule has 0 fully saturated rings. The molecule has 1 unspecified atom stereocenters. The maximum absolute atomic E-state index is 6.06. The summed E-state index contributed by atoms with van der Waals surface area (Å²) in [5, 5.41) is 0. The van der Waals surface area contributed by atoms with E-state index in [1.807, 2.05) is 18.2 Å². The third kappa shape index (κ3) is 3.56. The topological polar surface area (TPSA) is 27.3 Å². The minimum atomic E-state index is 0.159. The number of benzene rings is 2. The number of fused-ring (bicyclic) bond motifs is 1. The van der Waals surface area contributed by atoms with E-state index in [4.69, 9.17) is 9.47 Å². The molecule has 25 heavy (non-hydrogen) atoms. The zero-order chi connectivity index (χ0) is 17.2. The van der Waals surface area contributed by atoms with Gasteiger partial charge in [0.05, 0.1) is 7.11 Å². The molecule has 0 amide bonds. The van der Waals surface area contributed by atoms with Gasteiger partial charge in [-0.05, 0) is 24.3 Å². The van der Waals surface area contributed by atoms with Crippen LogP contribution in [-0.2, 0) is 19.5 Å². The van der Waals surface area contributed by atoms with E-state index < -0.39 is 0 Å². The first-order chi connectivity index (χ1) is 12.2. The lowest BCUT2D eigenvalue weighted by Crippen LogP contribution is -2.32. The van der Waals surface area contributed by atoms with Crippen LogP contribution >= 0.6 is 15.9 Å². The molecule has 0 N–H and O–H groups in total. The first-order valence-electron chi connectivity index (χ1n) is 8.33. The summed E-state index contributed by atoms with van der Waals surface area (Å²) in [6.45, 7) is 1.68. The molecular formula is C20H20BrN2O2+. The van der Waals surface area contributed by atoms with Gasteiger partial charge in [-0.15, -0.1) is 0 Å². The van der Waals surface area contributed by atoms with Crippen molar-refractivity contribution in [1.29, 1.82) is 0 Å². The van der Waals surface area contributed by atoms with Gasteiger partial charge in [-0.3, -0.25) is 0 Å². The fourth-order valence-electron chi connectivity index (χ4n) is 3.22. The van der Waals surface area contributed by atoms with Crippen molar-refractivity contribution < 1.29 is 14.0 Å². The van der Waals surface area contributed by atoms with Gasteiger partial charge < -0.3 is 9.47 Å². The van der Waals surface area contributed by atoms with Crippen molar-refractivity contribution in [3.05, 3.63) is 76.8 Å². The highest BCUT2D eigenvalue weighted by Crippen LogP contribution is 2.32. The van der Waals surface area contributed by atoms with Gasteiger partial charge >= 0.3 is 0 Å².